The van der Waals surface area contributed by atoms with Gasteiger partial charge in [-0.05, 0) is 36.4 Å². The van der Waals surface area contributed by atoms with Gasteiger partial charge in [-0.2, -0.15) is 0 Å². The van der Waals surface area contributed by atoms with E-state index in [1.54, 1.807) is 25.3 Å². The first-order valence-electron chi connectivity index (χ1n) is 7.62. The maximum atomic E-state index is 13.1. The summed E-state index contributed by atoms with van der Waals surface area (Å²) in [6, 6.07) is 15.3. The average Bonchev–Trinajstić information content (AvgIpc) is 2.61. The molecule has 5 heteroatoms. The maximum Gasteiger partial charge on any atom is 0.252 e. The van der Waals surface area contributed by atoms with Crippen LogP contribution < -0.4 is 5.32 Å². The van der Waals surface area contributed by atoms with Gasteiger partial charge in [0.2, 0.25) is 0 Å². The molecular weight excluding hydrogens is 307 g/mol. The van der Waals surface area contributed by atoms with Crippen molar-refractivity contribution >= 4 is 16.8 Å². The predicted molar refractivity (Wildman–Crippen MR) is 91.3 cm³/mol. The van der Waals surface area contributed by atoms with Gasteiger partial charge < -0.3 is 10.1 Å². The van der Waals surface area contributed by atoms with Crippen molar-refractivity contribution in [1.82, 2.24) is 10.3 Å². The number of pyridine rings is 1. The zero-order valence-corrected chi connectivity index (χ0v) is 13.3. The molecule has 3 rings (SSSR count). The third-order valence-corrected chi connectivity index (χ3v) is 3.69. The lowest BCUT2D eigenvalue weighted by Gasteiger charge is -2.10. The Morgan fingerprint density at radius 1 is 1.17 bits per heavy atom. The first kappa shape index (κ1) is 16.1. The van der Waals surface area contributed by atoms with Crippen LogP contribution in [-0.4, -0.2) is 31.2 Å². The normalized spacial score (nSPS) is 10.8. The highest BCUT2D eigenvalue weighted by molar-refractivity contribution is 6.07. The second kappa shape index (κ2) is 7.19. The monoisotopic (exact) mass is 324 g/mol. The van der Waals surface area contributed by atoms with Crippen molar-refractivity contribution in [1.29, 1.82) is 0 Å². The molecule has 1 N–H and O–H groups in total. The lowest BCUT2D eigenvalue weighted by atomic mass is 10.0. The van der Waals surface area contributed by atoms with Crippen LogP contribution in [0, 0.1) is 5.82 Å². The number of carbonyl (C=O) groups excluding carboxylic acids is 1. The van der Waals surface area contributed by atoms with Gasteiger partial charge in [-0.25, -0.2) is 9.37 Å². The lowest BCUT2D eigenvalue weighted by molar-refractivity contribution is 0.0938. The Morgan fingerprint density at radius 3 is 2.67 bits per heavy atom. The molecule has 122 valence electrons. The van der Waals surface area contributed by atoms with Crippen molar-refractivity contribution in [2.75, 3.05) is 20.3 Å². The highest BCUT2D eigenvalue weighted by Crippen LogP contribution is 2.25. The molecule has 3 aromatic rings. The largest absolute Gasteiger partial charge is 0.383 e. The van der Waals surface area contributed by atoms with Gasteiger partial charge in [0.05, 0.1) is 23.4 Å². The van der Waals surface area contributed by atoms with E-state index < -0.39 is 0 Å². The molecule has 1 amide bonds. The summed E-state index contributed by atoms with van der Waals surface area (Å²) in [5.41, 5.74) is 2.64. The zero-order valence-electron chi connectivity index (χ0n) is 13.3. The van der Waals surface area contributed by atoms with E-state index in [9.17, 15) is 9.18 Å². The number of amides is 1. The standard InChI is InChI=1S/C19H17FN2O2/c1-24-11-10-21-19(23)16-12-18(13-6-8-14(20)9-7-13)22-17-5-3-2-4-15(16)17/h2-9,12H,10-11H2,1H3,(H,21,23). The number of nitrogens with zero attached hydrogens (tertiary/aromatic N) is 1. The van der Waals surface area contributed by atoms with Crippen molar-refractivity contribution in [3.05, 3.63) is 66.0 Å². The average molecular weight is 324 g/mol. The van der Waals surface area contributed by atoms with Crippen molar-refractivity contribution < 1.29 is 13.9 Å². The number of carbonyl (C=O) groups is 1. The van der Waals surface area contributed by atoms with E-state index in [4.69, 9.17) is 4.74 Å². The third-order valence-electron chi connectivity index (χ3n) is 3.69. The van der Waals surface area contributed by atoms with Crippen molar-refractivity contribution in [3.8, 4) is 11.3 Å². The van der Waals surface area contributed by atoms with E-state index in [0.717, 1.165) is 16.5 Å². The molecule has 0 saturated heterocycles. The third kappa shape index (κ3) is 3.41. The number of benzene rings is 2. The molecule has 0 aliphatic heterocycles. The number of hydrogen-bond donors (Lipinski definition) is 1. The molecule has 1 heterocycles. The van der Waals surface area contributed by atoms with Crippen molar-refractivity contribution in [2.45, 2.75) is 0 Å². The minimum Gasteiger partial charge on any atom is -0.383 e. The first-order chi connectivity index (χ1) is 11.7. The predicted octanol–water partition coefficient (Wildman–Crippen LogP) is 3.42. The van der Waals surface area contributed by atoms with Crippen LogP contribution in [0.3, 0.4) is 0 Å². The van der Waals surface area contributed by atoms with Crippen LogP contribution in [0.25, 0.3) is 22.2 Å². The van der Waals surface area contributed by atoms with Gasteiger partial charge >= 0.3 is 0 Å². The molecule has 0 aliphatic rings. The summed E-state index contributed by atoms with van der Waals surface area (Å²) in [7, 11) is 1.58. The Balaban J connectivity index is 2.05. The molecule has 0 bridgehead atoms. The molecule has 0 spiro atoms. The number of nitrogens with one attached hydrogen (secondary N) is 1. The molecular formula is C19H17FN2O2. The van der Waals surface area contributed by atoms with E-state index in [1.807, 2.05) is 24.3 Å². The Hall–Kier alpha value is -2.79. The number of aromatic nitrogens is 1. The van der Waals surface area contributed by atoms with E-state index in [2.05, 4.69) is 10.3 Å². The molecule has 0 fully saturated rings. The Labute approximate surface area is 139 Å². The molecule has 0 aliphatic carbocycles. The lowest BCUT2D eigenvalue weighted by Crippen LogP contribution is -2.27. The van der Waals surface area contributed by atoms with Gasteiger partial charge in [-0.1, -0.05) is 18.2 Å². The van der Waals surface area contributed by atoms with Crippen LogP contribution in [0.15, 0.2) is 54.6 Å². The summed E-state index contributed by atoms with van der Waals surface area (Å²) < 4.78 is 18.1. The summed E-state index contributed by atoms with van der Waals surface area (Å²) >= 11 is 0. The molecule has 24 heavy (non-hydrogen) atoms. The minimum absolute atomic E-state index is 0.186. The van der Waals surface area contributed by atoms with Crippen LogP contribution >= 0.6 is 0 Å². The number of halogens is 1. The van der Waals surface area contributed by atoms with Crippen molar-refractivity contribution in [2.24, 2.45) is 0 Å². The highest BCUT2D eigenvalue weighted by atomic mass is 19.1. The van der Waals surface area contributed by atoms with Crippen LogP contribution in [-0.2, 0) is 4.74 Å². The highest BCUT2D eigenvalue weighted by Gasteiger charge is 2.13. The first-order valence-corrected chi connectivity index (χ1v) is 7.62. The second-order valence-corrected chi connectivity index (χ2v) is 5.33. The fourth-order valence-corrected chi connectivity index (χ4v) is 2.49. The second-order valence-electron chi connectivity index (χ2n) is 5.33. The Morgan fingerprint density at radius 2 is 1.92 bits per heavy atom. The topological polar surface area (TPSA) is 51.2 Å². The molecule has 0 saturated carbocycles. The summed E-state index contributed by atoms with van der Waals surface area (Å²) in [4.78, 5) is 17.1. The molecule has 0 radical (unpaired) electrons. The van der Waals surface area contributed by atoms with E-state index in [1.165, 1.54) is 12.1 Å². The number of hydrogen-bond acceptors (Lipinski definition) is 3. The van der Waals surface area contributed by atoms with Gasteiger partial charge in [-0.15, -0.1) is 0 Å². The number of ether oxygens (including phenoxy) is 1. The van der Waals surface area contributed by atoms with Crippen LogP contribution in [0.1, 0.15) is 10.4 Å². The molecule has 1 aromatic heterocycles. The van der Waals surface area contributed by atoms with Crippen molar-refractivity contribution in [3.63, 3.8) is 0 Å². The summed E-state index contributed by atoms with van der Waals surface area (Å²) in [6.45, 7) is 0.872. The van der Waals surface area contributed by atoms with Gasteiger partial charge in [0.1, 0.15) is 5.82 Å². The number of fused-ring (bicyclic) bond motifs is 1. The maximum absolute atomic E-state index is 13.1. The summed E-state index contributed by atoms with van der Waals surface area (Å²) in [5.74, 6) is -0.494. The molecule has 0 unspecified atom stereocenters. The number of para-hydroxylation sites is 1. The molecule has 0 atom stereocenters. The Kier molecular flexibility index (Phi) is 4.82. The van der Waals surface area contributed by atoms with Gasteiger partial charge in [0.15, 0.2) is 0 Å². The van der Waals surface area contributed by atoms with Gasteiger partial charge in [-0.3, -0.25) is 4.79 Å². The van der Waals surface area contributed by atoms with E-state index in [-0.39, 0.29) is 11.7 Å². The zero-order chi connectivity index (χ0) is 16.9. The quantitative estimate of drug-likeness (QED) is 0.732. The van der Waals surface area contributed by atoms with Crippen LogP contribution in [0.4, 0.5) is 4.39 Å². The van der Waals surface area contributed by atoms with Gasteiger partial charge in [0, 0.05) is 24.6 Å². The van der Waals surface area contributed by atoms with Crippen LogP contribution in [0.5, 0.6) is 0 Å². The number of methoxy groups -OCH3 is 1. The van der Waals surface area contributed by atoms with E-state index >= 15 is 0 Å². The fourth-order valence-electron chi connectivity index (χ4n) is 2.49. The summed E-state index contributed by atoms with van der Waals surface area (Å²) in [6.07, 6.45) is 0. The minimum atomic E-state index is -0.308. The number of rotatable bonds is 5. The van der Waals surface area contributed by atoms with Gasteiger partial charge in [0.25, 0.3) is 5.91 Å². The SMILES string of the molecule is COCCNC(=O)c1cc(-c2ccc(F)cc2)nc2ccccc12. The van der Waals surface area contributed by atoms with E-state index in [0.29, 0.717) is 24.4 Å². The molecule has 2 aromatic carbocycles. The smallest absolute Gasteiger partial charge is 0.252 e. The molecule has 4 nitrogen and oxygen atoms in total. The van der Waals surface area contributed by atoms with Crippen LogP contribution in [0.2, 0.25) is 0 Å². The Bertz CT molecular complexity index is 863. The summed E-state index contributed by atoms with van der Waals surface area (Å²) in [5, 5.41) is 3.60. The fraction of sp³-hybridized carbons (Fsp3) is 0.158.